The molecule has 0 unspecified atom stereocenters. The first-order chi connectivity index (χ1) is 13.8. The van der Waals surface area contributed by atoms with Crippen LogP contribution in [0.1, 0.15) is 12.0 Å². The molecule has 1 fully saturated rings. The molecule has 0 saturated carbocycles. The third kappa shape index (κ3) is 4.83. The maximum absolute atomic E-state index is 12.4. The minimum Gasteiger partial charge on any atom is -0.455 e. The zero-order chi connectivity index (χ0) is 21.1. The van der Waals surface area contributed by atoms with Crippen molar-refractivity contribution < 1.29 is 19.1 Å². The van der Waals surface area contributed by atoms with Gasteiger partial charge >= 0.3 is 5.97 Å². The average Bonchev–Trinajstić information content (AvgIpc) is 3.07. The molecule has 2 aromatic carbocycles. The van der Waals surface area contributed by atoms with E-state index in [1.54, 1.807) is 36.4 Å². The number of nitrogens with one attached hydrogen (secondary N) is 1. The van der Waals surface area contributed by atoms with Crippen molar-refractivity contribution in [3.8, 4) is 0 Å². The highest BCUT2D eigenvalue weighted by atomic mass is 35.5. The Morgan fingerprint density at radius 2 is 1.83 bits per heavy atom. The molecule has 6 nitrogen and oxygen atoms in total. The van der Waals surface area contributed by atoms with Crippen LogP contribution in [0.4, 0.5) is 11.4 Å². The standard InChI is InChI=1S/C20H17Cl3N2O4/c1-11-13(21)4-3-7-16(11)25-9-12(8-18(25)27)20(28)29-10-17(26)24-15-6-2-5-14(22)19(15)23/h2-7,12H,8-10H2,1H3,(H,24,26)/t12-/m1/s1. The van der Waals surface area contributed by atoms with E-state index < -0.39 is 24.4 Å². The summed E-state index contributed by atoms with van der Waals surface area (Å²) >= 11 is 18.0. The molecule has 1 saturated heterocycles. The van der Waals surface area contributed by atoms with Gasteiger partial charge in [-0.15, -0.1) is 0 Å². The molecule has 1 aliphatic rings. The monoisotopic (exact) mass is 454 g/mol. The molecule has 0 bridgehead atoms. The molecule has 2 amide bonds. The summed E-state index contributed by atoms with van der Waals surface area (Å²) in [5, 5.41) is 3.56. The molecule has 152 valence electrons. The number of esters is 1. The van der Waals surface area contributed by atoms with Gasteiger partial charge in [-0.3, -0.25) is 14.4 Å². The molecule has 1 heterocycles. The van der Waals surface area contributed by atoms with Gasteiger partial charge in [-0.2, -0.15) is 0 Å². The van der Waals surface area contributed by atoms with Crippen LogP contribution in [0.2, 0.25) is 15.1 Å². The summed E-state index contributed by atoms with van der Waals surface area (Å²) in [6.45, 7) is 1.48. The van der Waals surface area contributed by atoms with Gasteiger partial charge in [0, 0.05) is 23.7 Å². The molecule has 29 heavy (non-hydrogen) atoms. The third-order valence-electron chi connectivity index (χ3n) is 4.56. The zero-order valence-electron chi connectivity index (χ0n) is 15.4. The first-order valence-corrected chi connectivity index (χ1v) is 9.87. The number of benzene rings is 2. The first kappa shape index (κ1) is 21.4. The van der Waals surface area contributed by atoms with Crippen LogP contribution in [-0.4, -0.2) is 30.9 Å². The van der Waals surface area contributed by atoms with E-state index in [1.807, 2.05) is 6.92 Å². The number of rotatable bonds is 5. The Morgan fingerprint density at radius 3 is 2.59 bits per heavy atom. The van der Waals surface area contributed by atoms with Crippen molar-refractivity contribution >= 4 is 64.0 Å². The number of nitrogens with zero attached hydrogens (tertiary/aromatic N) is 1. The van der Waals surface area contributed by atoms with Gasteiger partial charge in [-0.25, -0.2) is 0 Å². The highest BCUT2D eigenvalue weighted by Crippen LogP contribution is 2.32. The smallest absolute Gasteiger partial charge is 0.311 e. The van der Waals surface area contributed by atoms with Crippen LogP contribution >= 0.6 is 34.8 Å². The summed E-state index contributed by atoms with van der Waals surface area (Å²) in [6.07, 6.45) is 0.00648. The normalized spacial score (nSPS) is 16.1. The van der Waals surface area contributed by atoms with Crippen LogP contribution < -0.4 is 10.2 Å². The van der Waals surface area contributed by atoms with Crippen molar-refractivity contribution in [2.45, 2.75) is 13.3 Å². The van der Waals surface area contributed by atoms with Gasteiger partial charge in [0.25, 0.3) is 5.91 Å². The minimum absolute atomic E-state index is 0.00648. The van der Waals surface area contributed by atoms with Crippen LogP contribution in [0.5, 0.6) is 0 Å². The lowest BCUT2D eigenvalue weighted by molar-refractivity contribution is -0.151. The molecule has 3 rings (SSSR count). The van der Waals surface area contributed by atoms with Crippen molar-refractivity contribution in [2.75, 3.05) is 23.4 Å². The van der Waals surface area contributed by atoms with E-state index in [1.165, 1.54) is 4.90 Å². The largest absolute Gasteiger partial charge is 0.455 e. The molecule has 0 radical (unpaired) electrons. The predicted octanol–water partition coefficient (Wildman–Crippen LogP) is 4.49. The Kier molecular flexibility index (Phi) is 6.67. The zero-order valence-corrected chi connectivity index (χ0v) is 17.6. The summed E-state index contributed by atoms with van der Waals surface area (Å²) < 4.78 is 5.08. The Morgan fingerprint density at radius 1 is 1.14 bits per heavy atom. The fourth-order valence-corrected chi connectivity index (χ4v) is 3.55. The molecule has 2 aromatic rings. The lowest BCUT2D eigenvalue weighted by Crippen LogP contribution is -2.28. The minimum atomic E-state index is -0.663. The summed E-state index contributed by atoms with van der Waals surface area (Å²) in [7, 11) is 0. The number of carbonyl (C=O) groups is 3. The predicted molar refractivity (Wildman–Crippen MR) is 113 cm³/mol. The average molecular weight is 456 g/mol. The Hall–Kier alpha value is -2.28. The van der Waals surface area contributed by atoms with Crippen LogP contribution in [-0.2, 0) is 19.1 Å². The second-order valence-corrected chi connectivity index (χ2v) is 7.74. The van der Waals surface area contributed by atoms with E-state index >= 15 is 0 Å². The van der Waals surface area contributed by atoms with Crippen molar-refractivity contribution in [3.05, 3.63) is 57.0 Å². The van der Waals surface area contributed by atoms with Gasteiger partial charge in [-0.1, -0.05) is 46.9 Å². The Balaban J connectivity index is 1.57. The fraction of sp³-hybridized carbons (Fsp3) is 0.250. The second-order valence-electron chi connectivity index (χ2n) is 6.55. The molecule has 0 spiro atoms. The summed E-state index contributed by atoms with van der Waals surface area (Å²) in [6, 6.07) is 10.0. The number of anilines is 2. The first-order valence-electron chi connectivity index (χ1n) is 8.74. The van der Waals surface area contributed by atoms with E-state index in [9.17, 15) is 14.4 Å². The van der Waals surface area contributed by atoms with E-state index in [-0.39, 0.29) is 23.9 Å². The molecular formula is C20H17Cl3N2O4. The number of carbonyl (C=O) groups excluding carboxylic acids is 3. The lowest BCUT2D eigenvalue weighted by Gasteiger charge is -2.19. The Labute approximate surface area is 182 Å². The molecular weight excluding hydrogens is 439 g/mol. The maximum atomic E-state index is 12.4. The molecule has 1 atom stereocenters. The molecule has 9 heteroatoms. The number of hydrogen-bond acceptors (Lipinski definition) is 4. The second kappa shape index (κ2) is 9.03. The fourth-order valence-electron chi connectivity index (χ4n) is 3.03. The summed E-state index contributed by atoms with van der Waals surface area (Å²) in [5.41, 5.74) is 1.74. The van der Waals surface area contributed by atoms with Gasteiger partial charge in [0.15, 0.2) is 6.61 Å². The van der Waals surface area contributed by atoms with Crippen molar-refractivity contribution in [2.24, 2.45) is 5.92 Å². The summed E-state index contributed by atoms with van der Waals surface area (Å²) in [5.74, 6) is -2.04. The van der Waals surface area contributed by atoms with Gasteiger partial charge in [0.2, 0.25) is 5.91 Å². The van der Waals surface area contributed by atoms with Crippen LogP contribution in [0.15, 0.2) is 36.4 Å². The number of amides is 2. The molecule has 0 aromatic heterocycles. The SMILES string of the molecule is Cc1c(Cl)cccc1N1C[C@H](C(=O)OCC(=O)Nc2cccc(Cl)c2Cl)CC1=O. The molecule has 1 N–H and O–H groups in total. The number of ether oxygens (including phenoxy) is 1. The lowest BCUT2D eigenvalue weighted by atomic mass is 10.1. The maximum Gasteiger partial charge on any atom is 0.311 e. The van der Waals surface area contributed by atoms with Gasteiger partial charge in [0.05, 0.1) is 21.7 Å². The van der Waals surface area contributed by atoms with Gasteiger partial charge in [0.1, 0.15) is 0 Å². The summed E-state index contributed by atoms with van der Waals surface area (Å²) in [4.78, 5) is 38.3. The van der Waals surface area contributed by atoms with E-state index in [2.05, 4.69) is 5.32 Å². The van der Waals surface area contributed by atoms with Gasteiger partial charge < -0.3 is 15.0 Å². The molecule has 0 aliphatic carbocycles. The molecule has 1 aliphatic heterocycles. The topological polar surface area (TPSA) is 75.7 Å². The van der Waals surface area contributed by atoms with Crippen LogP contribution in [0, 0.1) is 12.8 Å². The van der Waals surface area contributed by atoms with Crippen LogP contribution in [0.25, 0.3) is 0 Å². The van der Waals surface area contributed by atoms with Crippen molar-refractivity contribution in [1.82, 2.24) is 0 Å². The Bertz CT molecular complexity index is 980. The third-order valence-corrected chi connectivity index (χ3v) is 5.79. The number of hydrogen-bond donors (Lipinski definition) is 1. The number of halogens is 3. The van der Waals surface area contributed by atoms with E-state index in [4.69, 9.17) is 39.5 Å². The quantitative estimate of drug-likeness (QED) is 0.674. The highest BCUT2D eigenvalue weighted by Gasteiger charge is 2.37. The van der Waals surface area contributed by atoms with Crippen LogP contribution in [0.3, 0.4) is 0 Å². The van der Waals surface area contributed by atoms with Crippen molar-refractivity contribution in [1.29, 1.82) is 0 Å². The van der Waals surface area contributed by atoms with E-state index in [0.29, 0.717) is 21.4 Å². The highest BCUT2D eigenvalue weighted by molar-refractivity contribution is 6.44. The van der Waals surface area contributed by atoms with E-state index in [0.717, 1.165) is 5.56 Å². The van der Waals surface area contributed by atoms with Gasteiger partial charge in [-0.05, 0) is 36.8 Å². The van der Waals surface area contributed by atoms with Crippen molar-refractivity contribution in [3.63, 3.8) is 0 Å².